The summed E-state index contributed by atoms with van der Waals surface area (Å²) >= 11 is 0. The maximum Gasteiger partial charge on any atom is 0.306 e. The van der Waals surface area contributed by atoms with Gasteiger partial charge in [0.05, 0.1) is 6.61 Å². The molecule has 2 nitrogen and oxygen atoms in total. The van der Waals surface area contributed by atoms with E-state index in [1.54, 1.807) is 0 Å². The van der Waals surface area contributed by atoms with Gasteiger partial charge < -0.3 is 4.74 Å². The zero-order valence-corrected chi connectivity index (χ0v) is 13.6. The van der Waals surface area contributed by atoms with Crippen molar-refractivity contribution in [2.75, 3.05) is 6.61 Å². The average molecular weight is 288 g/mol. The number of rotatable bonds is 5. The van der Waals surface area contributed by atoms with Gasteiger partial charge in [-0.15, -0.1) is 0 Å². The Labute approximate surface area is 128 Å². The second-order valence-electron chi connectivity index (χ2n) is 6.56. The molecule has 0 amide bonds. The van der Waals surface area contributed by atoms with Crippen LogP contribution in [0.25, 0.3) is 0 Å². The second kappa shape index (κ2) is 7.63. The molecule has 2 atom stereocenters. The summed E-state index contributed by atoms with van der Waals surface area (Å²) in [6, 6.07) is 9.09. The standard InChI is InChI=1S/C19H28O2/c1-4-21-19(20)13-15-6-5-7-18(12-15)17-10-8-16(9-11-17)14(2)3/h8-11,14-15,18H,4-7,12-13H2,1-3H3. The summed E-state index contributed by atoms with van der Waals surface area (Å²) in [5.74, 6) is 1.66. The van der Waals surface area contributed by atoms with Crippen LogP contribution in [0.4, 0.5) is 0 Å². The van der Waals surface area contributed by atoms with E-state index in [1.165, 1.54) is 30.4 Å². The molecule has 0 spiro atoms. The van der Waals surface area contributed by atoms with E-state index < -0.39 is 0 Å². The van der Waals surface area contributed by atoms with Gasteiger partial charge in [-0.2, -0.15) is 0 Å². The third kappa shape index (κ3) is 4.59. The van der Waals surface area contributed by atoms with Gasteiger partial charge in [0.2, 0.25) is 0 Å². The number of carbonyl (C=O) groups excluding carboxylic acids is 1. The molecule has 0 heterocycles. The fraction of sp³-hybridized carbons (Fsp3) is 0.632. The van der Waals surface area contributed by atoms with Gasteiger partial charge in [-0.05, 0) is 55.1 Å². The molecule has 116 valence electrons. The Morgan fingerprint density at radius 3 is 2.57 bits per heavy atom. The van der Waals surface area contributed by atoms with Crippen molar-refractivity contribution < 1.29 is 9.53 Å². The molecule has 0 N–H and O–H groups in total. The number of ether oxygens (including phenoxy) is 1. The molecule has 1 aliphatic carbocycles. The summed E-state index contributed by atoms with van der Waals surface area (Å²) in [5, 5.41) is 0. The van der Waals surface area contributed by atoms with Crippen molar-refractivity contribution >= 4 is 5.97 Å². The number of carbonyl (C=O) groups is 1. The lowest BCUT2D eigenvalue weighted by Gasteiger charge is -2.29. The predicted octanol–water partition coefficient (Wildman–Crippen LogP) is 5.04. The van der Waals surface area contributed by atoms with Crippen molar-refractivity contribution in [1.82, 2.24) is 0 Å². The van der Waals surface area contributed by atoms with E-state index in [4.69, 9.17) is 4.74 Å². The Bertz CT molecular complexity index is 447. The van der Waals surface area contributed by atoms with Gasteiger partial charge in [-0.3, -0.25) is 4.79 Å². The van der Waals surface area contributed by atoms with E-state index in [1.807, 2.05) is 6.92 Å². The normalized spacial score (nSPS) is 22.3. The van der Waals surface area contributed by atoms with Crippen molar-refractivity contribution in [2.24, 2.45) is 5.92 Å². The van der Waals surface area contributed by atoms with E-state index >= 15 is 0 Å². The molecule has 1 aromatic carbocycles. The Balaban J connectivity index is 1.95. The number of hydrogen-bond acceptors (Lipinski definition) is 2. The molecule has 0 aromatic heterocycles. The third-order valence-corrected chi connectivity index (χ3v) is 4.62. The van der Waals surface area contributed by atoms with Crippen LogP contribution in [0, 0.1) is 5.92 Å². The SMILES string of the molecule is CCOC(=O)CC1CCCC(c2ccc(C(C)C)cc2)C1. The largest absolute Gasteiger partial charge is 0.466 e. The van der Waals surface area contributed by atoms with Crippen LogP contribution in [0.5, 0.6) is 0 Å². The predicted molar refractivity (Wildman–Crippen MR) is 86.5 cm³/mol. The van der Waals surface area contributed by atoms with Crippen LogP contribution in [0.3, 0.4) is 0 Å². The van der Waals surface area contributed by atoms with Crippen LogP contribution >= 0.6 is 0 Å². The first-order valence-electron chi connectivity index (χ1n) is 8.35. The molecular weight excluding hydrogens is 260 g/mol. The average Bonchev–Trinajstić information content (AvgIpc) is 2.48. The first kappa shape index (κ1) is 16.1. The van der Waals surface area contributed by atoms with E-state index in [0.717, 1.165) is 6.42 Å². The van der Waals surface area contributed by atoms with Gasteiger partial charge in [-0.25, -0.2) is 0 Å². The van der Waals surface area contributed by atoms with E-state index in [9.17, 15) is 4.79 Å². The van der Waals surface area contributed by atoms with Crippen LogP contribution in [0.1, 0.15) is 75.8 Å². The minimum Gasteiger partial charge on any atom is -0.466 e. The molecule has 1 aromatic rings. The number of esters is 1. The summed E-state index contributed by atoms with van der Waals surface area (Å²) in [6.07, 6.45) is 5.36. The van der Waals surface area contributed by atoms with Crippen LogP contribution in [-0.4, -0.2) is 12.6 Å². The van der Waals surface area contributed by atoms with Crippen molar-refractivity contribution in [2.45, 2.75) is 64.7 Å². The van der Waals surface area contributed by atoms with Gasteiger partial charge in [-0.1, -0.05) is 44.5 Å². The molecule has 0 radical (unpaired) electrons. The molecule has 1 fully saturated rings. The third-order valence-electron chi connectivity index (χ3n) is 4.62. The topological polar surface area (TPSA) is 26.3 Å². The quantitative estimate of drug-likeness (QED) is 0.710. The van der Waals surface area contributed by atoms with Crippen molar-refractivity contribution in [3.63, 3.8) is 0 Å². The van der Waals surface area contributed by atoms with Crippen LogP contribution in [0.15, 0.2) is 24.3 Å². The fourth-order valence-corrected chi connectivity index (χ4v) is 3.39. The van der Waals surface area contributed by atoms with Crippen molar-refractivity contribution in [1.29, 1.82) is 0 Å². The second-order valence-corrected chi connectivity index (χ2v) is 6.56. The van der Waals surface area contributed by atoms with Crippen molar-refractivity contribution in [3.8, 4) is 0 Å². The molecule has 0 saturated heterocycles. The minimum atomic E-state index is -0.0293. The lowest BCUT2D eigenvalue weighted by Crippen LogP contribution is -2.18. The summed E-state index contributed by atoms with van der Waals surface area (Å²) in [6.45, 7) is 6.82. The highest BCUT2D eigenvalue weighted by atomic mass is 16.5. The Morgan fingerprint density at radius 2 is 1.95 bits per heavy atom. The molecule has 2 heteroatoms. The van der Waals surface area contributed by atoms with E-state index in [2.05, 4.69) is 38.1 Å². The first-order chi connectivity index (χ1) is 10.1. The maximum absolute atomic E-state index is 11.7. The lowest BCUT2D eigenvalue weighted by atomic mass is 9.76. The first-order valence-corrected chi connectivity index (χ1v) is 8.35. The van der Waals surface area contributed by atoms with E-state index in [-0.39, 0.29) is 5.97 Å². The highest BCUT2D eigenvalue weighted by Gasteiger charge is 2.25. The maximum atomic E-state index is 11.7. The zero-order chi connectivity index (χ0) is 15.2. The zero-order valence-electron chi connectivity index (χ0n) is 13.6. The van der Waals surface area contributed by atoms with Crippen LogP contribution < -0.4 is 0 Å². The van der Waals surface area contributed by atoms with Crippen LogP contribution in [0.2, 0.25) is 0 Å². The molecule has 2 rings (SSSR count). The summed E-state index contributed by atoms with van der Waals surface area (Å²) < 4.78 is 5.09. The number of benzene rings is 1. The van der Waals surface area contributed by atoms with Gasteiger partial charge in [0.15, 0.2) is 0 Å². The minimum absolute atomic E-state index is 0.0293. The Morgan fingerprint density at radius 1 is 1.24 bits per heavy atom. The van der Waals surface area contributed by atoms with Gasteiger partial charge in [0.1, 0.15) is 0 Å². The number of hydrogen-bond donors (Lipinski definition) is 0. The van der Waals surface area contributed by atoms with Gasteiger partial charge in [0, 0.05) is 6.42 Å². The molecular formula is C19H28O2. The Hall–Kier alpha value is -1.31. The highest BCUT2D eigenvalue weighted by Crippen LogP contribution is 2.38. The molecule has 1 aliphatic rings. The monoisotopic (exact) mass is 288 g/mol. The summed E-state index contributed by atoms with van der Waals surface area (Å²) in [5.41, 5.74) is 2.84. The highest BCUT2D eigenvalue weighted by molar-refractivity contribution is 5.69. The fourth-order valence-electron chi connectivity index (χ4n) is 3.39. The Kier molecular flexibility index (Phi) is 5.84. The van der Waals surface area contributed by atoms with Crippen LogP contribution in [-0.2, 0) is 9.53 Å². The van der Waals surface area contributed by atoms with Gasteiger partial charge in [0.25, 0.3) is 0 Å². The molecule has 0 bridgehead atoms. The smallest absolute Gasteiger partial charge is 0.306 e. The molecule has 21 heavy (non-hydrogen) atoms. The molecule has 0 aliphatic heterocycles. The summed E-state index contributed by atoms with van der Waals surface area (Å²) in [7, 11) is 0. The van der Waals surface area contributed by atoms with Gasteiger partial charge >= 0.3 is 5.97 Å². The van der Waals surface area contributed by atoms with E-state index in [0.29, 0.717) is 30.8 Å². The van der Waals surface area contributed by atoms with Crippen molar-refractivity contribution in [3.05, 3.63) is 35.4 Å². The molecule has 2 unspecified atom stereocenters. The molecule has 1 saturated carbocycles. The lowest BCUT2D eigenvalue weighted by molar-refractivity contribution is -0.144. The summed E-state index contributed by atoms with van der Waals surface area (Å²) in [4.78, 5) is 11.7.